The van der Waals surface area contributed by atoms with Crippen LogP contribution in [0.3, 0.4) is 0 Å². The summed E-state index contributed by atoms with van der Waals surface area (Å²) >= 11 is 0. The highest BCUT2D eigenvalue weighted by molar-refractivity contribution is 5.93. The molecule has 0 saturated carbocycles. The average Bonchev–Trinajstić information content (AvgIpc) is 3.05. The Hall–Kier alpha value is -3.31. The lowest BCUT2D eigenvalue weighted by molar-refractivity contribution is -0.267. The first-order valence-electron chi connectivity index (χ1n) is 8.76. The second-order valence-corrected chi connectivity index (χ2v) is 6.43. The van der Waals surface area contributed by atoms with Crippen LogP contribution in [0.2, 0.25) is 0 Å². The van der Waals surface area contributed by atoms with Crippen LogP contribution in [0, 0.1) is 11.3 Å². The van der Waals surface area contributed by atoms with Gasteiger partial charge in [0.15, 0.2) is 0 Å². The predicted molar refractivity (Wildman–Crippen MR) is 98.8 cm³/mol. The third-order valence-electron chi connectivity index (χ3n) is 4.58. The molecule has 1 heterocycles. The van der Waals surface area contributed by atoms with Crippen LogP contribution in [0.1, 0.15) is 23.6 Å². The smallest absolute Gasteiger partial charge is 0.432 e. The number of alkyl halides is 3. The van der Waals surface area contributed by atoms with Gasteiger partial charge in [0, 0.05) is 23.7 Å². The largest absolute Gasteiger partial charge is 0.463 e. The molecule has 1 N–H and O–H groups in total. The van der Waals surface area contributed by atoms with E-state index < -0.39 is 23.3 Å². The molecule has 150 valence electrons. The zero-order valence-electron chi connectivity index (χ0n) is 15.4. The number of esters is 1. The molecule has 0 bridgehead atoms. The number of ether oxygens (including phenoxy) is 1. The summed E-state index contributed by atoms with van der Waals surface area (Å²) in [5.74, 6) is -1.80. The fourth-order valence-corrected chi connectivity index (χ4v) is 3.17. The van der Waals surface area contributed by atoms with Gasteiger partial charge in [0.05, 0.1) is 23.8 Å². The number of nitriles is 1. The van der Waals surface area contributed by atoms with E-state index in [1.807, 2.05) is 6.07 Å². The van der Waals surface area contributed by atoms with Gasteiger partial charge in [-0.15, -0.1) is 0 Å². The fourth-order valence-electron chi connectivity index (χ4n) is 3.17. The van der Waals surface area contributed by atoms with Crippen LogP contribution in [0.25, 0.3) is 10.9 Å². The Balaban J connectivity index is 2.27. The van der Waals surface area contributed by atoms with Crippen molar-refractivity contribution in [1.29, 1.82) is 5.26 Å². The van der Waals surface area contributed by atoms with E-state index in [2.05, 4.69) is 4.74 Å². The van der Waals surface area contributed by atoms with Crippen molar-refractivity contribution in [2.24, 2.45) is 0 Å². The molecule has 1 unspecified atom stereocenters. The number of hydrogen-bond acceptors (Lipinski definition) is 4. The Bertz CT molecular complexity index is 1080. The van der Waals surface area contributed by atoms with Crippen LogP contribution in [-0.4, -0.2) is 28.4 Å². The second kappa shape index (κ2) is 7.60. The minimum atomic E-state index is -5.31. The fraction of sp³-hybridized carbons (Fsp3) is 0.238. The van der Waals surface area contributed by atoms with Crippen LogP contribution in [0.4, 0.5) is 13.2 Å². The third-order valence-corrected chi connectivity index (χ3v) is 4.58. The maximum Gasteiger partial charge on any atom is 0.432 e. The third kappa shape index (κ3) is 3.57. The van der Waals surface area contributed by atoms with Crippen LogP contribution in [0.15, 0.2) is 54.7 Å². The number of halogens is 3. The lowest BCUT2D eigenvalue weighted by Crippen LogP contribution is -2.50. The highest BCUT2D eigenvalue weighted by atomic mass is 19.4. The predicted octanol–water partition coefficient (Wildman–Crippen LogP) is 3.87. The van der Waals surface area contributed by atoms with E-state index in [1.165, 1.54) is 29.7 Å². The number of hydrogen-bond donors (Lipinski definition) is 1. The Morgan fingerprint density at radius 3 is 2.48 bits per heavy atom. The van der Waals surface area contributed by atoms with E-state index in [-0.39, 0.29) is 29.6 Å². The number of fused-ring (bicyclic) bond motifs is 1. The molecular formula is C21H17F3N2O3. The zero-order chi connectivity index (χ0) is 21.2. The SMILES string of the molecule is CCOC(=O)C(O)(c1cn(Cc2ccccc2)c2cc(C#N)ccc12)C(F)(F)F. The number of aromatic nitrogens is 1. The van der Waals surface area contributed by atoms with Crippen molar-refractivity contribution < 1.29 is 27.8 Å². The van der Waals surface area contributed by atoms with Gasteiger partial charge in [-0.2, -0.15) is 18.4 Å². The van der Waals surface area contributed by atoms with Crippen molar-refractivity contribution in [3.8, 4) is 6.07 Å². The van der Waals surface area contributed by atoms with Crippen LogP contribution in [0.5, 0.6) is 0 Å². The van der Waals surface area contributed by atoms with Gasteiger partial charge in [0.2, 0.25) is 0 Å². The molecule has 2 aromatic carbocycles. The summed E-state index contributed by atoms with van der Waals surface area (Å²) in [5, 5.41) is 19.7. The van der Waals surface area contributed by atoms with Crippen molar-refractivity contribution in [3.05, 3.63) is 71.4 Å². The molecule has 1 atom stereocenters. The quantitative estimate of drug-likeness (QED) is 0.658. The van der Waals surface area contributed by atoms with Gasteiger partial charge in [0.1, 0.15) is 0 Å². The topological polar surface area (TPSA) is 75.2 Å². The summed E-state index contributed by atoms with van der Waals surface area (Å²) in [6, 6.07) is 14.9. The number of nitrogens with zero attached hydrogens (tertiary/aromatic N) is 2. The number of carbonyl (C=O) groups is 1. The maximum atomic E-state index is 13.9. The molecule has 3 aromatic rings. The molecule has 0 aliphatic heterocycles. The molecule has 0 aliphatic rings. The highest BCUT2D eigenvalue weighted by Gasteiger charge is 2.63. The van der Waals surface area contributed by atoms with E-state index in [0.717, 1.165) is 11.8 Å². The molecule has 0 spiro atoms. The van der Waals surface area contributed by atoms with E-state index in [4.69, 9.17) is 5.26 Å². The van der Waals surface area contributed by atoms with Crippen LogP contribution >= 0.6 is 0 Å². The van der Waals surface area contributed by atoms with Crippen molar-refractivity contribution in [2.45, 2.75) is 25.2 Å². The maximum absolute atomic E-state index is 13.9. The van der Waals surface area contributed by atoms with Crippen molar-refractivity contribution in [3.63, 3.8) is 0 Å². The van der Waals surface area contributed by atoms with Gasteiger partial charge < -0.3 is 14.4 Å². The van der Waals surface area contributed by atoms with Gasteiger partial charge in [-0.1, -0.05) is 36.4 Å². The minimum Gasteiger partial charge on any atom is -0.463 e. The van der Waals surface area contributed by atoms with Gasteiger partial charge in [0.25, 0.3) is 5.60 Å². The molecule has 5 nitrogen and oxygen atoms in total. The molecule has 0 saturated heterocycles. The van der Waals surface area contributed by atoms with E-state index in [9.17, 15) is 23.1 Å². The van der Waals surface area contributed by atoms with Gasteiger partial charge in [-0.25, -0.2) is 4.79 Å². The van der Waals surface area contributed by atoms with Crippen molar-refractivity contribution in [2.75, 3.05) is 6.61 Å². The van der Waals surface area contributed by atoms with Crippen LogP contribution in [-0.2, 0) is 21.7 Å². The van der Waals surface area contributed by atoms with E-state index >= 15 is 0 Å². The number of carbonyl (C=O) groups excluding carboxylic acids is 1. The van der Waals surface area contributed by atoms with Gasteiger partial charge in [-0.05, 0) is 24.6 Å². The normalized spacial score (nSPS) is 13.7. The summed E-state index contributed by atoms with van der Waals surface area (Å²) in [4.78, 5) is 12.2. The molecule has 0 aliphatic carbocycles. The number of benzene rings is 2. The summed E-state index contributed by atoms with van der Waals surface area (Å²) in [7, 11) is 0. The molecule has 0 radical (unpaired) electrons. The Morgan fingerprint density at radius 2 is 1.90 bits per heavy atom. The number of aliphatic hydroxyl groups is 1. The first-order valence-corrected chi connectivity index (χ1v) is 8.76. The van der Waals surface area contributed by atoms with E-state index in [1.54, 1.807) is 30.3 Å². The van der Waals surface area contributed by atoms with Crippen molar-refractivity contribution >= 4 is 16.9 Å². The van der Waals surface area contributed by atoms with Crippen LogP contribution < -0.4 is 0 Å². The molecule has 0 fully saturated rings. The second-order valence-electron chi connectivity index (χ2n) is 6.43. The Morgan fingerprint density at radius 1 is 1.21 bits per heavy atom. The first kappa shape index (κ1) is 20.4. The molecule has 29 heavy (non-hydrogen) atoms. The Labute approximate surface area is 164 Å². The molecular weight excluding hydrogens is 385 g/mol. The molecule has 3 rings (SSSR count). The first-order chi connectivity index (χ1) is 13.7. The summed E-state index contributed by atoms with van der Waals surface area (Å²) < 4.78 is 47.6. The lowest BCUT2D eigenvalue weighted by atomic mass is 9.92. The monoisotopic (exact) mass is 402 g/mol. The summed E-state index contributed by atoms with van der Waals surface area (Å²) in [6.45, 7) is 1.22. The standard InChI is InChI=1S/C21H17F3N2O3/c1-2-29-19(27)20(28,21(22,23)24)17-13-26(12-14-6-4-3-5-7-14)18-10-15(11-25)8-9-16(17)18/h3-10,13,28H,2,12H2,1H3. The highest BCUT2D eigenvalue weighted by Crippen LogP contribution is 2.43. The molecule has 0 amide bonds. The minimum absolute atomic E-state index is 0.00723. The average molecular weight is 402 g/mol. The van der Waals surface area contributed by atoms with Gasteiger partial charge in [-0.3, -0.25) is 0 Å². The van der Waals surface area contributed by atoms with E-state index in [0.29, 0.717) is 0 Å². The Kier molecular flexibility index (Phi) is 5.36. The number of rotatable bonds is 5. The lowest BCUT2D eigenvalue weighted by Gasteiger charge is -2.27. The zero-order valence-corrected chi connectivity index (χ0v) is 15.4. The molecule has 8 heteroatoms. The van der Waals surface area contributed by atoms with Gasteiger partial charge >= 0.3 is 12.1 Å². The summed E-state index contributed by atoms with van der Waals surface area (Å²) in [5.41, 5.74) is -3.15. The molecule has 1 aromatic heterocycles. The van der Waals surface area contributed by atoms with Crippen molar-refractivity contribution in [1.82, 2.24) is 4.57 Å². The summed E-state index contributed by atoms with van der Waals surface area (Å²) in [6.07, 6.45) is -4.22.